The third-order valence-electron chi connectivity index (χ3n) is 0. The van der Waals surface area contributed by atoms with Crippen molar-refractivity contribution in [2.75, 3.05) is 0 Å². The van der Waals surface area contributed by atoms with Crippen molar-refractivity contribution >= 4 is 45.5 Å². The summed E-state index contributed by atoms with van der Waals surface area (Å²) in [6, 6.07) is 0. The quantitative estimate of drug-likeness (QED) is 0.290. The van der Waals surface area contributed by atoms with Gasteiger partial charge in [0.2, 0.25) is 0 Å². The third-order valence-corrected chi connectivity index (χ3v) is 0. The number of nitrogens with zero attached hydrogens (tertiary/aromatic N) is 2. The summed E-state index contributed by atoms with van der Waals surface area (Å²) < 4.78 is 0. The zero-order chi connectivity index (χ0) is 7.15. The van der Waals surface area contributed by atoms with E-state index in [1.54, 1.807) is 0 Å². The van der Waals surface area contributed by atoms with E-state index in [9.17, 15) is 0 Å². The Morgan fingerprint density at radius 1 is 0.778 bits per heavy atom. The fraction of sp³-hybridized carbons (Fsp3) is 0. The Bertz CT molecular complexity index is 69.1. The van der Waals surface area contributed by atoms with Crippen molar-refractivity contribution in [3.8, 4) is 0 Å². The molecule has 0 aliphatic heterocycles. The van der Waals surface area contributed by atoms with Crippen LogP contribution in [0.3, 0.4) is 0 Å². The van der Waals surface area contributed by atoms with Crippen LogP contribution < -0.4 is 0 Å². The van der Waals surface area contributed by atoms with Gasteiger partial charge in [-0.25, -0.2) is 0 Å². The molecule has 0 saturated carbocycles. The first kappa shape index (κ1) is 15.9. The summed E-state index contributed by atoms with van der Waals surface area (Å²) in [6.45, 7) is 0. The van der Waals surface area contributed by atoms with Gasteiger partial charge in [0.25, 0.3) is 0 Å². The second kappa shape index (κ2) is 10.8. The largest absolute Gasteiger partial charge is 2.00 e. The third kappa shape index (κ3) is 19100. The molecule has 0 unspecified atom stereocenters. The van der Waals surface area contributed by atoms with Gasteiger partial charge in [-0.15, -0.1) is 0 Å². The first-order valence-corrected chi connectivity index (χ1v) is 1.10. The van der Waals surface area contributed by atoms with Crippen LogP contribution in [-0.2, 0) is 0 Å². The van der Waals surface area contributed by atoms with Gasteiger partial charge >= 0.3 is 45.5 Å². The van der Waals surface area contributed by atoms with E-state index in [-0.39, 0.29) is 45.5 Å². The summed E-state index contributed by atoms with van der Waals surface area (Å²) in [4.78, 5) is 16.5. The molecule has 0 fully saturated rings. The zero-order valence-electron chi connectivity index (χ0n) is 4.05. The molecule has 0 N–H and O–H groups in total. The van der Waals surface area contributed by atoms with Crippen LogP contribution in [0.2, 0.25) is 0 Å². The molecule has 0 amide bonds. The first-order chi connectivity index (χ1) is 3.46. The monoisotopic (exact) mass is 211 g/mol. The van der Waals surface area contributed by atoms with Crippen molar-refractivity contribution in [1.29, 1.82) is 0 Å². The average Bonchev–Trinajstić information content (AvgIpc) is 1.25. The molecule has 0 aromatic carbocycles. The van der Waals surface area contributed by atoms with Gasteiger partial charge in [-0.3, -0.25) is 0 Å². The normalized spacial score (nSPS) is 5.33. The van der Waals surface area contributed by atoms with Gasteiger partial charge in [0.05, 0.1) is 10.2 Å². The van der Waals surface area contributed by atoms with Crippen molar-refractivity contribution in [2.45, 2.75) is 0 Å². The van der Waals surface area contributed by atoms with E-state index in [0.717, 1.165) is 0 Å². The molecule has 9 heteroatoms. The maximum atomic E-state index is 8.25. The molecule has 0 spiro atoms. The van der Waals surface area contributed by atoms with Gasteiger partial charge in [0.15, 0.2) is 0 Å². The minimum absolute atomic E-state index is 0. The maximum absolute atomic E-state index is 8.25. The molecule has 0 aromatic rings. The Hall–Kier alpha value is -0.119. The molecule has 0 saturated heterocycles. The maximum Gasteiger partial charge on any atom is 2.00 e. The SMILES string of the molecule is O=[N+]([O-])[O-].O=[N+]([O-])[O-].[87Sr+2]. The van der Waals surface area contributed by atoms with Crippen molar-refractivity contribution in [3.63, 3.8) is 0 Å². The topological polar surface area (TPSA) is 132 Å². The molecule has 0 aliphatic carbocycles. The minimum Gasteiger partial charge on any atom is -0.356 e. The minimum atomic E-state index is -1.75. The number of rotatable bonds is 0. The van der Waals surface area contributed by atoms with Crippen molar-refractivity contribution in [3.05, 3.63) is 30.6 Å². The van der Waals surface area contributed by atoms with Crippen molar-refractivity contribution < 1.29 is 10.2 Å². The van der Waals surface area contributed by atoms with Gasteiger partial charge in [-0.2, -0.15) is 0 Å². The number of hydrogen-bond donors (Lipinski definition) is 0. The standard InChI is InChI=1S/2NO3.Sr/c2*2-1(3)4;/q2*-1;+2/i;;1-1. The van der Waals surface area contributed by atoms with E-state index in [4.69, 9.17) is 30.6 Å². The Kier molecular flexibility index (Phi) is 19.1. The Morgan fingerprint density at radius 3 is 0.778 bits per heavy atom. The van der Waals surface area contributed by atoms with Gasteiger partial charge < -0.3 is 30.6 Å². The van der Waals surface area contributed by atoms with E-state index >= 15 is 0 Å². The molecule has 0 rings (SSSR count). The number of hydrogen-bond acceptors (Lipinski definition) is 6. The molecule has 9 heavy (non-hydrogen) atoms. The average molecular weight is 211 g/mol. The van der Waals surface area contributed by atoms with E-state index < -0.39 is 10.2 Å². The predicted molar refractivity (Wildman–Crippen MR) is 26.5 cm³/mol. The smallest absolute Gasteiger partial charge is 0.356 e. The summed E-state index contributed by atoms with van der Waals surface area (Å²) in [5, 5.41) is 29.5. The van der Waals surface area contributed by atoms with Crippen LogP contribution in [0.1, 0.15) is 0 Å². The molecule has 0 aliphatic rings. The fourth-order valence-corrected chi connectivity index (χ4v) is 0. The summed E-state index contributed by atoms with van der Waals surface area (Å²) in [5.41, 5.74) is 0. The van der Waals surface area contributed by atoms with Crippen LogP contribution in [0.15, 0.2) is 0 Å². The first-order valence-electron chi connectivity index (χ1n) is 1.10. The van der Waals surface area contributed by atoms with Crippen LogP contribution in [0.25, 0.3) is 0 Å². The molecule has 48 valence electrons. The van der Waals surface area contributed by atoms with E-state index in [1.807, 2.05) is 0 Å². The van der Waals surface area contributed by atoms with Gasteiger partial charge in [-0.05, 0) is 0 Å². The van der Waals surface area contributed by atoms with Gasteiger partial charge in [-0.1, -0.05) is 0 Å². The van der Waals surface area contributed by atoms with Crippen LogP contribution in [0.5, 0.6) is 0 Å². The van der Waals surface area contributed by atoms with Gasteiger partial charge in [0, 0.05) is 0 Å². The van der Waals surface area contributed by atoms with Crippen molar-refractivity contribution in [2.24, 2.45) is 0 Å². The van der Waals surface area contributed by atoms with Crippen LogP contribution >= 0.6 is 0 Å². The van der Waals surface area contributed by atoms with Crippen LogP contribution in [0.4, 0.5) is 0 Å². The molecular formula is N2O6Sr. The molecular weight excluding hydrogens is 211 g/mol. The van der Waals surface area contributed by atoms with Gasteiger partial charge in [0.1, 0.15) is 0 Å². The summed E-state index contributed by atoms with van der Waals surface area (Å²) in [7, 11) is 0. The van der Waals surface area contributed by atoms with E-state index in [2.05, 4.69) is 0 Å². The van der Waals surface area contributed by atoms with Crippen LogP contribution in [0, 0.1) is 30.6 Å². The molecule has 0 aromatic heterocycles. The molecule has 0 heterocycles. The second-order valence-electron chi connectivity index (χ2n) is 0.447. The molecule has 0 radical (unpaired) electrons. The Balaban J connectivity index is -0.0000000720. The summed E-state index contributed by atoms with van der Waals surface area (Å²) in [6.07, 6.45) is 0. The zero-order valence-corrected chi connectivity index (χ0v) is 7.53. The molecule has 0 bridgehead atoms. The summed E-state index contributed by atoms with van der Waals surface area (Å²) in [5.74, 6) is 0. The van der Waals surface area contributed by atoms with Crippen LogP contribution in [-0.4, -0.2) is 55.7 Å². The predicted octanol–water partition coefficient (Wildman–Crippen LogP) is -0.859. The van der Waals surface area contributed by atoms with E-state index in [1.165, 1.54) is 0 Å². The Morgan fingerprint density at radius 2 is 0.778 bits per heavy atom. The van der Waals surface area contributed by atoms with Crippen molar-refractivity contribution in [1.82, 2.24) is 0 Å². The molecule has 0 atom stereocenters. The Labute approximate surface area is 85.6 Å². The van der Waals surface area contributed by atoms with E-state index in [0.29, 0.717) is 0 Å². The molecule has 8 nitrogen and oxygen atoms in total. The summed E-state index contributed by atoms with van der Waals surface area (Å²) >= 11 is 0. The second-order valence-corrected chi connectivity index (χ2v) is 0.447. The fourth-order valence-electron chi connectivity index (χ4n) is 0.